The molecule has 0 saturated heterocycles. The van der Waals surface area contributed by atoms with Crippen LogP contribution in [0.1, 0.15) is 12.2 Å². The van der Waals surface area contributed by atoms with Gasteiger partial charge in [0.05, 0.1) is 5.52 Å². The number of nitrogens with two attached hydrogens (primary N) is 1. The van der Waals surface area contributed by atoms with Crippen molar-refractivity contribution in [1.82, 2.24) is 9.97 Å². The fraction of sp³-hybridized carbons (Fsp3) is 0.111. The Morgan fingerprint density at radius 2 is 2.00 bits per heavy atom. The standard InChI is InChI=1S/C9H6BrF2N3/c10-4-1-2-6-5(3-4)8(13)15-9(14-6)7(11)12/h1-3,7H,(H2,13,14,15). The average molecular weight is 274 g/mol. The number of alkyl halides is 2. The van der Waals surface area contributed by atoms with Crippen LogP contribution in [0.15, 0.2) is 22.7 Å². The molecule has 3 nitrogen and oxygen atoms in total. The molecule has 0 atom stereocenters. The molecule has 0 bridgehead atoms. The summed E-state index contributed by atoms with van der Waals surface area (Å²) in [6.45, 7) is 0. The van der Waals surface area contributed by atoms with Gasteiger partial charge in [0.2, 0.25) is 0 Å². The normalized spacial score (nSPS) is 11.2. The molecular formula is C9H6BrF2N3. The minimum absolute atomic E-state index is 0.0663. The molecule has 6 heteroatoms. The summed E-state index contributed by atoms with van der Waals surface area (Å²) < 4.78 is 25.5. The second-order valence-corrected chi connectivity index (χ2v) is 3.84. The number of aromatic nitrogens is 2. The fourth-order valence-corrected chi connectivity index (χ4v) is 1.60. The van der Waals surface area contributed by atoms with Crippen LogP contribution in [0.3, 0.4) is 0 Å². The van der Waals surface area contributed by atoms with Gasteiger partial charge in [-0.25, -0.2) is 18.7 Å². The topological polar surface area (TPSA) is 51.8 Å². The van der Waals surface area contributed by atoms with Crippen LogP contribution in [-0.2, 0) is 0 Å². The van der Waals surface area contributed by atoms with Gasteiger partial charge in [-0.15, -0.1) is 0 Å². The molecule has 0 spiro atoms. The Morgan fingerprint density at radius 1 is 1.27 bits per heavy atom. The SMILES string of the molecule is Nc1nc(C(F)F)nc2ccc(Br)cc12. The maximum Gasteiger partial charge on any atom is 0.297 e. The monoisotopic (exact) mass is 273 g/mol. The van der Waals surface area contributed by atoms with Gasteiger partial charge in [0.15, 0.2) is 5.82 Å². The quantitative estimate of drug-likeness (QED) is 0.869. The zero-order valence-corrected chi connectivity index (χ0v) is 9.00. The highest BCUT2D eigenvalue weighted by atomic mass is 79.9. The Labute approximate surface area is 92.5 Å². The third-order valence-electron chi connectivity index (χ3n) is 1.90. The first-order chi connectivity index (χ1) is 7.08. The van der Waals surface area contributed by atoms with Crippen molar-refractivity contribution in [2.45, 2.75) is 6.43 Å². The number of halogens is 3. The summed E-state index contributed by atoms with van der Waals surface area (Å²) in [5, 5.41) is 0.564. The number of nitrogen functional groups attached to an aromatic ring is 1. The molecular weight excluding hydrogens is 268 g/mol. The Morgan fingerprint density at radius 3 is 2.67 bits per heavy atom. The largest absolute Gasteiger partial charge is 0.383 e. The molecule has 2 aromatic rings. The maximum atomic E-state index is 12.4. The van der Waals surface area contributed by atoms with Gasteiger partial charge in [-0.2, -0.15) is 0 Å². The predicted molar refractivity (Wildman–Crippen MR) is 56.6 cm³/mol. The first-order valence-electron chi connectivity index (χ1n) is 4.09. The number of rotatable bonds is 1. The van der Waals surface area contributed by atoms with Crippen LogP contribution in [0.4, 0.5) is 14.6 Å². The van der Waals surface area contributed by atoms with Gasteiger partial charge in [0.25, 0.3) is 6.43 Å². The molecule has 1 heterocycles. The van der Waals surface area contributed by atoms with Crippen molar-refractivity contribution in [3.63, 3.8) is 0 Å². The zero-order chi connectivity index (χ0) is 11.0. The van der Waals surface area contributed by atoms with Crippen molar-refractivity contribution in [3.05, 3.63) is 28.5 Å². The van der Waals surface area contributed by atoms with Crippen LogP contribution in [0.25, 0.3) is 10.9 Å². The van der Waals surface area contributed by atoms with E-state index in [1.807, 2.05) is 0 Å². The van der Waals surface area contributed by atoms with Crippen molar-refractivity contribution in [3.8, 4) is 0 Å². The van der Waals surface area contributed by atoms with Crippen LogP contribution in [0.2, 0.25) is 0 Å². The number of hydrogen-bond donors (Lipinski definition) is 1. The first kappa shape index (κ1) is 10.2. The molecule has 0 amide bonds. The number of anilines is 1. The van der Waals surface area contributed by atoms with Crippen molar-refractivity contribution in [2.75, 3.05) is 5.73 Å². The number of hydrogen-bond acceptors (Lipinski definition) is 3. The average Bonchev–Trinajstić information content (AvgIpc) is 2.18. The van der Waals surface area contributed by atoms with E-state index in [4.69, 9.17) is 5.73 Å². The second kappa shape index (κ2) is 3.69. The highest BCUT2D eigenvalue weighted by Gasteiger charge is 2.13. The number of nitrogens with zero attached hydrogens (tertiary/aromatic N) is 2. The van der Waals surface area contributed by atoms with E-state index in [-0.39, 0.29) is 5.82 Å². The second-order valence-electron chi connectivity index (χ2n) is 2.93. The molecule has 0 aliphatic carbocycles. The van der Waals surface area contributed by atoms with Gasteiger partial charge < -0.3 is 5.73 Å². The Hall–Kier alpha value is -1.30. The van der Waals surface area contributed by atoms with Crippen molar-refractivity contribution in [1.29, 1.82) is 0 Å². The molecule has 0 aliphatic heterocycles. The minimum atomic E-state index is -2.71. The summed E-state index contributed by atoms with van der Waals surface area (Å²) in [7, 11) is 0. The molecule has 78 valence electrons. The minimum Gasteiger partial charge on any atom is -0.383 e. The molecule has 1 aromatic heterocycles. The lowest BCUT2D eigenvalue weighted by atomic mass is 10.2. The van der Waals surface area contributed by atoms with Gasteiger partial charge >= 0.3 is 0 Å². The van der Waals surface area contributed by atoms with Crippen LogP contribution < -0.4 is 5.73 Å². The van der Waals surface area contributed by atoms with Gasteiger partial charge in [0.1, 0.15) is 5.82 Å². The van der Waals surface area contributed by atoms with Gasteiger partial charge in [-0.1, -0.05) is 15.9 Å². The summed E-state index contributed by atoms with van der Waals surface area (Å²) in [5.74, 6) is -0.473. The Kier molecular flexibility index (Phi) is 2.52. The van der Waals surface area contributed by atoms with E-state index in [1.54, 1.807) is 18.2 Å². The molecule has 15 heavy (non-hydrogen) atoms. The molecule has 0 fully saturated rings. The summed E-state index contributed by atoms with van der Waals surface area (Å²) >= 11 is 3.25. The molecule has 0 radical (unpaired) electrons. The lowest BCUT2D eigenvalue weighted by Gasteiger charge is -2.04. The first-order valence-corrected chi connectivity index (χ1v) is 4.88. The molecule has 1 aromatic carbocycles. The van der Waals surface area contributed by atoms with Crippen LogP contribution in [0, 0.1) is 0 Å². The summed E-state index contributed by atoms with van der Waals surface area (Å²) in [6.07, 6.45) is -2.71. The summed E-state index contributed by atoms with van der Waals surface area (Å²) in [6, 6.07) is 5.02. The van der Waals surface area contributed by atoms with E-state index in [9.17, 15) is 8.78 Å². The van der Waals surface area contributed by atoms with E-state index >= 15 is 0 Å². The fourth-order valence-electron chi connectivity index (χ4n) is 1.24. The van der Waals surface area contributed by atoms with Crippen molar-refractivity contribution in [2.24, 2.45) is 0 Å². The predicted octanol–water partition coefficient (Wildman–Crippen LogP) is 2.91. The third kappa shape index (κ3) is 1.90. The van der Waals surface area contributed by atoms with E-state index in [2.05, 4.69) is 25.9 Å². The summed E-state index contributed by atoms with van der Waals surface area (Å²) in [4.78, 5) is 7.25. The van der Waals surface area contributed by atoms with Gasteiger partial charge in [-0.05, 0) is 18.2 Å². The van der Waals surface area contributed by atoms with Gasteiger partial charge in [-0.3, -0.25) is 0 Å². The van der Waals surface area contributed by atoms with Crippen molar-refractivity contribution >= 4 is 32.7 Å². The smallest absolute Gasteiger partial charge is 0.297 e. The molecule has 0 unspecified atom stereocenters. The van der Waals surface area contributed by atoms with E-state index in [0.717, 1.165) is 4.47 Å². The van der Waals surface area contributed by atoms with Crippen LogP contribution in [0.5, 0.6) is 0 Å². The summed E-state index contributed by atoms with van der Waals surface area (Å²) in [5.41, 5.74) is 5.98. The molecule has 2 N–H and O–H groups in total. The van der Waals surface area contributed by atoms with Crippen LogP contribution in [-0.4, -0.2) is 9.97 Å². The van der Waals surface area contributed by atoms with Crippen molar-refractivity contribution < 1.29 is 8.78 Å². The Bertz CT molecular complexity index is 516. The number of fused-ring (bicyclic) bond motifs is 1. The van der Waals surface area contributed by atoms with E-state index in [0.29, 0.717) is 10.9 Å². The molecule has 2 rings (SSSR count). The Balaban J connectivity index is 2.73. The number of benzene rings is 1. The molecule has 0 saturated carbocycles. The van der Waals surface area contributed by atoms with Crippen LogP contribution >= 0.6 is 15.9 Å². The zero-order valence-electron chi connectivity index (χ0n) is 7.42. The van der Waals surface area contributed by atoms with E-state index < -0.39 is 12.2 Å². The van der Waals surface area contributed by atoms with E-state index in [1.165, 1.54) is 0 Å². The highest BCUT2D eigenvalue weighted by Crippen LogP contribution is 2.25. The lowest BCUT2D eigenvalue weighted by Crippen LogP contribution is -2.01. The maximum absolute atomic E-state index is 12.4. The highest BCUT2D eigenvalue weighted by molar-refractivity contribution is 9.10. The molecule has 0 aliphatic rings. The van der Waals surface area contributed by atoms with Gasteiger partial charge in [0, 0.05) is 9.86 Å². The lowest BCUT2D eigenvalue weighted by molar-refractivity contribution is 0.141. The third-order valence-corrected chi connectivity index (χ3v) is 2.39.